The highest BCUT2D eigenvalue weighted by Gasteiger charge is 2.22. The first-order chi connectivity index (χ1) is 13.1. The number of aliphatic imine (C=N–C) groups is 1. The number of nitrogens with zero attached hydrogens (tertiary/aromatic N) is 2. The molecule has 1 aromatic rings. The Morgan fingerprint density at radius 1 is 1.25 bits per heavy atom. The van der Waals surface area contributed by atoms with Crippen molar-refractivity contribution in [1.82, 2.24) is 15.5 Å². The number of methoxy groups -OCH3 is 1. The molecule has 2 rings (SSSR count). The number of guanidine groups is 1. The number of likely N-dealkylation sites (N-methyl/N-ethyl adjacent to an activating group) is 1. The minimum atomic E-state index is 0. The first-order valence-electron chi connectivity index (χ1n) is 9.96. The van der Waals surface area contributed by atoms with E-state index in [1.807, 2.05) is 0 Å². The maximum atomic E-state index is 6.05. The van der Waals surface area contributed by atoms with Gasteiger partial charge in [0, 0.05) is 39.4 Å². The maximum absolute atomic E-state index is 6.05. The molecule has 0 unspecified atom stereocenters. The summed E-state index contributed by atoms with van der Waals surface area (Å²) in [6.07, 6.45) is 3.66. The van der Waals surface area contributed by atoms with Gasteiger partial charge in [0.05, 0.1) is 13.2 Å². The normalized spacial score (nSPS) is 14.0. The molecule has 1 aromatic carbocycles. The lowest BCUT2D eigenvalue weighted by Gasteiger charge is -2.17. The minimum absolute atomic E-state index is 0. The number of ether oxygens (including phenoxy) is 2. The summed E-state index contributed by atoms with van der Waals surface area (Å²) >= 11 is 0. The standard InChI is InChI=1S/C21H36N4O2.HI/c1-17-6-9-19(20(14-17)27-16-18-7-8-18)15-24-21(22-2)23-10-5-11-25(3)12-13-26-4;/h6,9,14,18H,5,7-8,10-13,15-16H2,1-4H3,(H2,22,23,24);1H. The van der Waals surface area contributed by atoms with Crippen molar-refractivity contribution in [3.8, 4) is 5.75 Å². The second kappa shape index (κ2) is 14.0. The van der Waals surface area contributed by atoms with E-state index in [-0.39, 0.29) is 24.0 Å². The highest BCUT2D eigenvalue weighted by molar-refractivity contribution is 14.0. The molecule has 0 amide bonds. The van der Waals surface area contributed by atoms with Gasteiger partial charge in [-0.2, -0.15) is 0 Å². The van der Waals surface area contributed by atoms with Crippen molar-refractivity contribution in [1.29, 1.82) is 0 Å². The summed E-state index contributed by atoms with van der Waals surface area (Å²) in [7, 11) is 5.66. The van der Waals surface area contributed by atoms with Crippen molar-refractivity contribution in [2.45, 2.75) is 32.7 Å². The van der Waals surface area contributed by atoms with Crippen LogP contribution < -0.4 is 15.4 Å². The number of benzene rings is 1. The molecule has 0 aliphatic heterocycles. The number of hydrogen-bond donors (Lipinski definition) is 2. The van der Waals surface area contributed by atoms with Crippen molar-refractivity contribution in [2.24, 2.45) is 10.9 Å². The molecular weight excluding hydrogens is 467 g/mol. The molecule has 2 N–H and O–H groups in total. The van der Waals surface area contributed by atoms with E-state index in [4.69, 9.17) is 9.47 Å². The van der Waals surface area contributed by atoms with Gasteiger partial charge in [0.2, 0.25) is 0 Å². The topological polar surface area (TPSA) is 58.1 Å². The summed E-state index contributed by atoms with van der Waals surface area (Å²) in [4.78, 5) is 6.60. The van der Waals surface area contributed by atoms with E-state index in [9.17, 15) is 0 Å². The molecule has 0 bridgehead atoms. The average molecular weight is 504 g/mol. The predicted octanol–water partition coefficient (Wildman–Crippen LogP) is 3.04. The van der Waals surface area contributed by atoms with Crippen molar-refractivity contribution < 1.29 is 9.47 Å². The second-order valence-electron chi connectivity index (χ2n) is 7.37. The predicted molar refractivity (Wildman–Crippen MR) is 127 cm³/mol. The molecule has 7 heteroatoms. The molecule has 1 saturated carbocycles. The van der Waals surface area contributed by atoms with E-state index < -0.39 is 0 Å². The third-order valence-corrected chi connectivity index (χ3v) is 4.75. The highest BCUT2D eigenvalue weighted by atomic mass is 127. The van der Waals surface area contributed by atoms with Crippen LogP contribution in [0.4, 0.5) is 0 Å². The van der Waals surface area contributed by atoms with Crippen LogP contribution in [0.1, 0.15) is 30.4 Å². The zero-order chi connectivity index (χ0) is 19.5. The Morgan fingerprint density at radius 3 is 2.71 bits per heavy atom. The van der Waals surface area contributed by atoms with E-state index in [1.54, 1.807) is 14.2 Å². The van der Waals surface area contributed by atoms with Gasteiger partial charge in [0.1, 0.15) is 5.75 Å². The molecule has 0 radical (unpaired) electrons. The summed E-state index contributed by atoms with van der Waals surface area (Å²) < 4.78 is 11.2. The number of rotatable bonds is 12. The van der Waals surface area contributed by atoms with E-state index in [2.05, 4.69) is 52.7 Å². The molecule has 160 valence electrons. The number of nitrogens with one attached hydrogen (secondary N) is 2. The summed E-state index contributed by atoms with van der Waals surface area (Å²) in [5.41, 5.74) is 2.40. The number of halogens is 1. The SMILES string of the molecule is CN=C(NCCCN(C)CCOC)NCc1ccc(C)cc1OCC1CC1.I. The monoisotopic (exact) mass is 504 g/mol. The Kier molecular flexibility index (Phi) is 12.5. The molecule has 1 fully saturated rings. The van der Waals surface area contributed by atoms with Crippen LogP contribution in [0.3, 0.4) is 0 Å². The van der Waals surface area contributed by atoms with E-state index >= 15 is 0 Å². The summed E-state index contributed by atoms with van der Waals surface area (Å²) in [6, 6.07) is 6.40. The largest absolute Gasteiger partial charge is 0.493 e. The fraction of sp³-hybridized carbons (Fsp3) is 0.667. The molecule has 1 aliphatic carbocycles. The lowest BCUT2D eigenvalue weighted by molar-refractivity contribution is 0.161. The molecule has 0 atom stereocenters. The van der Waals surface area contributed by atoms with Gasteiger partial charge in [-0.05, 0) is 57.3 Å². The molecule has 6 nitrogen and oxygen atoms in total. The Labute approximate surface area is 187 Å². The van der Waals surface area contributed by atoms with Crippen LogP contribution in [-0.4, -0.2) is 64.9 Å². The van der Waals surface area contributed by atoms with Gasteiger partial charge in [0.25, 0.3) is 0 Å². The van der Waals surface area contributed by atoms with Gasteiger partial charge in [-0.15, -0.1) is 24.0 Å². The quantitative estimate of drug-likeness (QED) is 0.198. The lowest BCUT2D eigenvalue weighted by atomic mass is 10.1. The summed E-state index contributed by atoms with van der Waals surface area (Å²) in [6.45, 7) is 7.29. The summed E-state index contributed by atoms with van der Waals surface area (Å²) in [5, 5.41) is 6.78. The van der Waals surface area contributed by atoms with Gasteiger partial charge in [-0.1, -0.05) is 12.1 Å². The smallest absolute Gasteiger partial charge is 0.191 e. The van der Waals surface area contributed by atoms with Crippen LogP contribution in [-0.2, 0) is 11.3 Å². The van der Waals surface area contributed by atoms with Gasteiger partial charge in [-0.25, -0.2) is 0 Å². The first-order valence-corrected chi connectivity index (χ1v) is 9.96. The minimum Gasteiger partial charge on any atom is -0.493 e. The van der Waals surface area contributed by atoms with Gasteiger partial charge in [-0.3, -0.25) is 4.99 Å². The number of aryl methyl sites for hydroxylation is 1. The Bertz CT molecular complexity index is 594. The summed E-state index contributed by atoms with van der Waals surface area (Å²) in [5.74, 6) is 2.57. The Morgan fingerprint density at radius 2 is 2.04 bits per heavy atom. The number of hydrogen-bond acceptors (Lipinski definition) is 4. The molecule has 0 heterocycles. The molecule has 0 aromatic heterocycles. The fourth-order valence-corrected chi connectivity index (χ4v) is 2.75. The Balaban J connectivity index is 0.00000392. The van der Waals surface area contributed by atoms with Crippen LogP contribution >= 0.6 is 24.0 Å². The third-order valence-electron chi connectivity index (χ3n) is 4.75. The third kappa shape index (κ3) is 9.93. The second-order valence-corrected chi connectivity index (χ2v) is 7.37. The average Bonchev–Trinajstić information content (AvgIpc) is 3.49. The maximum Gasteiger partial charge on any atom is 0.191 e. The van der Waals surface area contributed by atoms with Crippen LogP contribution in [0.15, 0.2) is 23.2 Å². The van der Waals surface area contributed by atoms with Gasteiger partial charge < -0.3 is 25.0 Å². The van der Waals surface area contributed by atoms with Crippen LogP contribution in [0, 0.1) is 12.8 Å². The fourth-order valence-electron chi connectivity index (χ4n) is 2.75. The van der Waals surface area contributed by atoms with Crippen LogP contribution in [0.5, 0.6) is 5.75 Å². The van der Waals surface area contributed by atoms with Crippen molar-refractivity contribution in [3.63, 3.8) is 0 Å². The van der Waals surface area contributed by atoms with E-state index in [0.29, 0.717) is 6.54 Å². The van der Waals surface area contributed by atoms with E-state index in [0.717, 1.165) is 56.9 Å². The molecule has 1 aliphatic rings. The zero-order valence-corrected chi connectivity index (χ0v) is 20.1. The van der Waals surface area contributed by atoms with Gasteiger partial charge in [0.15, 0.2) is 5.96 Å². The van der Waals surface area contributed by atoms with Crippen molar-refractivity contribution >= 4 is 29.9 Å². The molecular formula is C21H37IN4O2. The van der Waals surface area contributed by atoms with Crippen molar-refractivity contribution in [3.05, 3.63) is 29.3 Å². The first kappa shape index (κ1) is 25.0. The van der Waals surface area contributed by atoms with E-state index in [1.165, 1.54) is 24.0 Å². The van der Waals surface area contributed by atoms with Crippen LogP contribution in [0.2, 0.25) is 0 Å². The van der Waals surface area contributed by atoms with Crippen molar-refractivity contribution in [2.75, 3.05) is 54.1 Å². The molecule has 0 spiro atoms. The Hall–Kier alpha value is -1.06. The molecule has 28 heavy (non-hydrogen) atoms. The zero-order valence-electron chi connectivity index (χ0n) is 17.8. The lowest BCUT2D eigenvalue weighted by Crippen LogP contribution is -2.38. The van der Waals surface area contributed by atoms with Crippen LogP contribution in [0.25, 0.3) is 0 Å². The highest BCUT2D eigenvalue weighted by Crippen LogP contribution is 2.30. The van der Waals surface area contributed by atoms with Gasteiger partial charge >= 0.3 is 0 Å². The molecule has 0 saturated heterocycles.